The summed E-state index contributed by atoms with van der Waals surface area (Å²) in [7, 11) is -3.78. The lowest BCUT2D eigenvalue weighted by molar-refractivity contribution is -0.145. The predicted octanol–water partition coefficient (Wildman–Crippen LogP) is 3.45. The molecule has 74 heavy (non-hydrogen) atoms. The molecule has 2 aromatic rings. The fourth-order valence-electron chi connectivity index (χ4n) is 7.02. The molecule has 6 atom stereocenters. The highest BCUT2D eigenvalue weighted by atomic mass is 32.2. The van der Waals surface area contributed by atoms with Gasteiger partial charge in [-0.2, -0.15) is 13.1 Å². The highest BCUT2D eigenvalue weighted by Gasteiger charge is 2.37. The number of carbonyl (C=O) groups is 6. The highest BCUT2D eigenvalue weighted by molar-refractivity contribution is 7.88. The first kappa shape index (κ1) is 62.7. The van der Waals surface area contributed by atoms with Gasteiger partial charge in [0.15, 0.2) is 24.1 Å². The summed E-state index contributed by atoms with van der Waals surface area (Å²) in [6.45, 7) is 17.7. The van der Waals surface area contributed by atoms with Crippen LogP contribution in [0.25, 0.3) is 11.1 Å². The van der Waals surface area contributed by atoms with Crippen LogP contribution in [-0.2, 0) is 54.8 Å². The summed E-state index contributed by atoms with van der Waals surface area (Å²) < 4.78 is 69.7. The molecule has 4 bridgehead atoms. The van der Waals surface area contributed by atoms with Crippen molar-refractivity contribution < 1.29 is 80.6 Å². The first-order valence-corrected chi connectivity index (χ1v) is 29.5. The summed E-state index contributed by atoms with van der Waals surface area (Å²) in [4.78, 5) is 82.1. The molecular weight excluding hydrogens is 1000 g/mol. The maximum absolute atomic E-state index is 14.9. The summed E-state index contributed by atoms with van der Waals surface area (Å²) in [6.07, 6.45) is -4.68. The van der Waals surface area contributed by atoms with Crippen LogP contribution in [0.4, 0.5) is 9.59 Å². The average molecular weight is 1080 g/mol. The van der Waals surface area contributed by atoms with Crippen molar-refractivity contribution in [3.63, 3.8) is 0 Å². The number of esters is 1. The number of nitrogens with two attached hydrogens (primary N) is 1. The van der Waals surface area contributed by atoms with Gasteiger partial charge >= 0.3 is 28.4 Å². The number of likely N-dealkylation sites (N-methyl/N-ethyl adjacent to an activating group) is 1. The SMILES string of the molecule is CC[C@@H](O)COc1cc2cc(c1OCOCC[Si](C)(C)C)-c1cc(ccc1OC[C@H](O)CNC(=O)OC(C)(C)C)C[C@@H](C(=O)OC)NC(=O)[C@H](C)CC(=O)[C@H]2N(C)C(=O)[C@@H](N)CNS(=O)(=O)NC(=O)OC(C)(C)C. The van der Waals surface area contributed by atoms with Crippen LogP contribution in [0, 0.1) is 5.92 Å². The first-order valence-electron chi connectivity index (χ1n) is 24.3. The first-order chi connectivity index (χ1) is 34.2. The molecule has 0 radical (unpaired) electrons. The number of nitrogens with one attached hydrogen (secondary N) is 4. The highest BCUT2D eigenvalue weighted by Crippen LogP contribution is 2.46. The van der Waals surface area contributed by atoms with Gasteiger partial charge in [-0.25, -0.2) is 19.1 Å². The Morgan fingerprint density at radius 2 is 1.50 bits per heavy atom. The maximum Gasteiger partial charge on any atom is 0.422 e. The second kappa shape index (κ2) is 27.3. The van der Waals surface area contributed by atoms with Crippen molar-refractivity contribution in [3.8, 4) is 28.4 Å². The van der Waals surface area contributed by atoms with Crippen LogP contribution < -0.4 is 40.0 Å². The third-order valence-electron chi connectivity index (χ3n) is 10.9. The number of hydrogen-bond donors (Lipinski definition) is 7. The number of nitrogens with zero attached hydrogens (tertiary/aromatic N) is 1. The van der Waals surface area contributed by atoms with Crippen LogP contribution in [0.1, 0.15) is 85.4 Å². The molecule has 23 nitrogen and oxygen atoms in total. The number of aliphatic hydroxyl groups is 2. The minimum Gasteiger partial charge on any atom is -0.490 e. The number of ketones is 1. The Hall–Kier alpha value is -5.57. The molecule has 4 amide bonds. The normalized spacial score (nSPS) is 17.8. The Bertz CT molecular complexity index is 2390. The van der Waals surface area contributed by atoms with Gasteiger partial charge in [0.05, 0.1) is 25.8 Å². The summed E-state index contributed by atoms with van der Waals surface area (Å²) in [6, 6.07) is 3.99. The molecule has 0 aromatic heterocycles. The standard InChI is InChI=1S/C49H78N6O17SSi/c1-14-32(56)26-69-40-23-31-22-35(42(40)70-28-67-17-18-74(11,12)13)34-20-30(15-16-39(34)68-27-33(57)24-51-46(62)71-48(3,4)5)21-37(45(61)66-10)53-43(59)29(2)19-38(58)41(31)55(9)44(60)36(50)25-52-73(64,65)54-47(63)72-49(6,7)8/h15-16,20,22-23,29,32-33,36-37,41,52,56-57H,14,17-19,21,24-28,50H2,1-13H3,(H,51,62)(H,53,59)(H,54,63)/t29-,32-,33-,36+,37+,41+/m1/s1. The predicted molar refractivity (Wildman–Crippen MR) is 275 cm³/mol. The van der Waals surface area contributed by atoms with Gasteiger partial charge < -0.3 is 64.6 Å². The van der Waals surface area contributed by atoms with Crippen molar-refractivity contribution in [1.82, 2.24) is 25.0 Å². The molecule has 0 unspecified atom stereocenters. The maximum atomic E-state index is 14.9. The molecule has 3 rings (SSSR count). The van der Waals surface area contributed by atoms with Gasteiger partial charge in [-0.3, -0.25) is 14.4 Å². The summed E-state index contributed by atoms with van der Waals surface area (Å²) in [5, 5.41) is 27.0. The van der Waals surface area contributed by atoms with E-state index in [-0.39, 0.29) is 66.7 Å². The zero-order valence-corrected chi connectivity index (χ0v) is 46.7. The van der Waals surface area contributed by atoms with E-state index in [9.17, 15) is 47.4 Å². The number of rotatable bonds is 22. The minimum absolute atomic E-state index is 0.0289. The number of methoxy groups -OCH3 is 1. The average Bonchev–Trinajstić information content (AvgIpc) is 3.28. The van der Waals surface area contributed by atoms with Crippen LogP contribution in [-0.4, -0.2) is 157 Å². The number of carbonyl (C=O) groups excluding carboxylic acids is 6. The molecule has 0 aliphatic carbocycles. The van der Waals surface area contributed by atoms with Crippen molar-refractivity contribution in [3.05, 3.63) is 41.5 Å². The van der Waals surface area contributed by atoms with E-state index in [4.69, 9.17) is 38.9 Å². The third-order valence-corrected chi connectivity index (χ3v) is 13.6. The number of fused-ring (bicyclic) bond motifs is 5. The molecule has 0 fully saturated rings. The summed E-state index contributed by atoms with van der Waals surface area (Å²) in [5.74, 6) is -4.18. The lowest BCUT2D eigenvalue weighted by Gasteiger charge is -2.32. The lowest BCUT2D eigenvalue weighted by atomic mass is 9.89. The number of Topliss-reactive ketones (excluding diaryl/α,β-unsaturated/α-hetero) is 1. The van der Waals surface area contributed by atoms with Gasteiger partial charge in [0.1, 0.15) is 48.4 Å². The van der Waals surface area contributed by atoms with Crippen molar-refractivity contribution >= 4 is 54.0 Å². The van der Waals surface area contributed by atoms with Gasteiger partial charge in [0, 0.05) is 58.2 Å². The van der Waals surface area contributed by atoms with Crippen LogP contribution in [0.5, 0.6) is 17.2 Å². The number of amides is 4. The minimum atomic E-state index is -4.63. The van der Waals surface area contributed by atoms with E-state index in [0.717, 1.165) is 18.1 Å². The zero-order valence-electron chi connectivity index (χ0n) is 44.9. The van der Waals surface area contributed by atoms with E-state index >= 15 is 0 Å². The van der Waals surface area contributed by atoms with Crippen LogP contribution >= 0.6 is 0 Å². The molecule has 25 heteroatoms. The summed E-state index contributed by atoms with van der Waals surface area (Å²) in [5.41, 5.74) is 5.39. The fraction of sp³-hybridized carbons (Fsp3) is 0.633. The van der Waals surface area contributed by atoms with Crippen LogP contribution in [0.2, 0.25) is 25.7 Å². The number of ether oxygens (including phenoxy) is 7. The molecule has 0 spiro atoms. The molecule has 2 aromatic carbocycles. The van der Waals surface area contributed by atoms with E-state index in [0.29, 0.717) is 12.2 Å². The van der Waals surface area contributed by atoms with Crippen LogP contribution in [0.3, 0.4) is 0 Å². The van der Waals surface area contributed by atoms with E-state index in [2.05, 4.69) is 35.0 Å². The molecule has 1 aliphatic heterocycles. The number of alkyl carbamates (subject to hydrolysis) is 1. The Kier molecular flexibility index (Phi) is 23.1. The largest absolute Gasteiger partial charge is 0.490 e. The molecule has 416 valence electrons. The quantitative estimate of drug-likeness (QED) is 0.0292. The molecule has 1 heterocycles. The van der Waals surface area contributed by atoms with E-state index in [1.54, 1.807) is 50.6 Å². The monoisotopic (exact) mass is 1080 g/mol. The van der Waals surface area contributed by atoms with Gasteiger partial charge in [-0.05, 0) is 89.4 Å². The zero-order chi connectivity index (χ0) is 55.9. The summed E-state index contributed by atoms with van der Waals surface area (Å²) >= 11 is 0. The van der Waals surface area contributed by atoms with E-state index < -0.39 is 121 Å². The fourth-order valence-corrected chi connectivity index (χ4v) is 8.51. The van der Waals surface area contributed by atoms with E-state index in [1.807, 2.05) is 0 Å². The molecule has 8 N–H and O–H groups in total. The van der Waals surface area contributed by atoms with Gasteiger partial charge in [0.2, 0.25) is 11.8 Å². The smallest absolute Gasteiger partial charge is 0.422 e. The Morgan fingerprint density at radius 1 is 0.878 bits per heavy atom. The number of hydrogen-bond acceptors (Lipinski definition) is 18. The van der Waals surface area contributed by atoms with E-state index in [1.165, 1.54) is 46.9 Å². The van der Waals surface area contributed by atoms with Crippen molar-refractivity contribution in [2.45, 2.75) is 142 Å². The number of benzene rings is 2. The molecule has 0 saturated heterocycles. The third kappa shape index (κ3) is 21.0. The van der Waals surface area contributed by atoms with Gasteiger partial charge in [-0.15, -0.1) is 0 Å². The van der Waals surface area contributed by atoms with Crippen molar-refractivity contribution in [2.24, 2.45) is 11.7 Å². The second-order valence-corrected chi connectivity index (χ2v) is 28.3. The van der Waals surface area contributed by atoms with Gasteiger partial charge in [0.25, 0.3) is 0 Å². The topological polar surface area (TPSA) is 319 Å². The second-order valence-electron chi connectivity index (χ2n) is 21.2. The molecule has 1 aliphatic rings. The number of aliphatic hydroxyl groups excluding tert-OH is 2. The van der Waals surface area contributed by atoms with Crippen LogP contribution in [0.15, 0.2) is 30.3 Å². The van der Waals surface area contributed by atoms with Crippen molar-refractivity contribution in [2.75, 3.05) is 53.9 Å². The van der Waals surface area contributed by atoms with Crippen molar-refractivity contribution in [1.29, 1.82) is 0 Å². The van der Waals surface area contributed by atoms with Gasteiger partial charge in [-0.1, -0.05) is 39.6 Å². The Balaban J connectivity index is 2.36. The Morgan fingerprint density at radius 3 is 2.11 bits per heavy atom. The molecular formula is C49H78N6O17SSi. The molecule has 0 saturated carbocycles. The Labute approximate surface area is 435 Å². The lowest BCUT2D eigenvalue weighted by Crippen LogP contribution is -2.52.